The average Bonchev–Trinajstić information content (AvgIpc) is 2.98. The van der Waals surface area contributed by atoms with Gasteiger partial charge in [0.15, 0.2) is 11.0 Å². The molecule has 2 aromatic rings. The van der Waals surface area contributed by atoms with Crippen molar-refractivity contribution in [3.05, 3.63) is 58.5 Å². The molecule has 0 spiro atoms. The number of hydrogen-bond donors (Lipinski definition) is 0. The van der Waals surface area contributed by atoms with Crippen LogP contribution < -0.4 is 4.74 Å². The minimum absolute atomic E-state index is 0.00861. The van der Waals surface area contributed by atoms with Crippen molar-refractivity contribution in [2.24, 2.45) is 0 Å². The highest BCUT2D eigenvalue weighted by Gasteiger charge is 2.55. The van der Waals surface area contributed by atoms with Crippen LogP contribution in [0.1, 0.15) is 42.6 Å². The molecule has 1 amide bonds. The van der Waals surface area contributed by atoms with Crippen molar-refractivity contribution in [1.82, 2.24) is 14.8 Å². The second-order valence-corrected chi connectivity index (χ2v) is 8.61. The van der Waals surface area contributed by atoms with E-state index in [2.05, 4.69) is 41.1 Å². The maximum Gasteiger partial charge on any atom is 0.260 e. The topological polar surface area (TPSA) is 45.7 Å². The monoisotopic (exact) mass is 415 g/mol. The molecule has 1 aromatic heterocycles. The van der Waals surface area contributed by atoms with Gasteiger partial charge in [-0.3, -0.25) is 9.69 Å². The fourth-order valence-electron chi connectivity index (χ4n) is 5.41. The Kier molecular flexibility index (Phi) is 4.51. The third kappa shape index (κ3) is 2.92. The van der Waals surface area contributed by atoms with Gasteiger partial charge in [0.05, 0.1) is 6.04 Å². The summed E-state index contributed by atoms with van der Waals surface area (Å²) in [6.45, 7) is 4.90. The van der Waals surface area contributed by atoms with Gasteiger partial charge in [-0.25, -0.2) is 4.39 Å². The van der Waals surface area contributed by atoms with Gasteiger partial charge in [0, 0.05) is 24.7 Å². The van der Waals surface area contributed by atoms with Gasteiger partial charge in [0.1, 0.15) is 11.7 Å². The third-order valence-corrected chi connectivity index (χ3v) is 6.94. The van der Waals surface area contributed by atoms with Crippen LogP contribution in [0.5, 0.6) is 5.88 Å². The molecule has 3 aliphatic heterocycles. The quantitative estimate of drug-likeness (QED) is 0.698. The predicted molar refractivity (Wildman–Crippen MR) is 108 cm³/mol. The van der Waals surface area contributed by atoms with Crippen LogP contribution in [-0.2, 0) is 6.54 Å². The van der Waals surface area contributed by atoms with E-state index in [0.29, 0.717) is 0 Å². The third-order valence-electron chi connectivity index (χ3n) is 6.67. The first-order chi connectivity index (χ1) is 14.0. The predicted octanol–water partition coefficient (Wildman–Crippen LogP) is 3.90. The summed E-state index contributed by atoms with van der Waals surface area (Å²) in [5, 5.41) is -0.274. The van der Waals surface area contributed by atoms with Gasteiger partial charge in [-0.05, 0) is 38.3 Å². The Morgan fingerprint density at radius 1 is 1.21 bits per heavy atom. The molecule has 2 bridgehead atoms. The van der Waals surface area contributed by atoms with Crippen molar-refractivity contribution in [2.75, 3.05) is 0 Å². The standard InChI is InChI=1S/C22H23ClFN3O2/c1-12-17-8-9-18(26(17)11-14-6-4-3-5-7-14)19-13(2)29-21-15(22(28)27(12)19)10-16(24)20(23)25-21/h3-7,10,12-13,17-19H,8-9,11H2,1-2H3/t12-,13+,17-,18+,19-/m1/s1. The molecule has 5 nitrogen and oxygen atoms in total. The van der Waals surface area contributed by atoms with Crippen molar-refractivity contribution >= 4 is 17.5 Å². The maximum atomic E-state index is 14.1. The van der Waals surface area contributed by atoms with Crippen LogP contribution in [0.15, 0.2) is 36.4 Å². The van der Waals surface area contributed by atoms with Gasteiger partial charge >= 0.3 is 0 Å². The minimum atomic E-state index is -0.702. The lowest BCUT2D eigenvalue weighted by Gasteiger charge is -2.51. The lowest BCUT2D eigenvalue weighted by molar-refractivity contribution is -0.0454. The first-order valence-corrected chi connectivity index (χ1v) is 10.5. The number of nitrogens with zero attached hydrogens (tertiary/aromatic N) is 3. The highest BCUT2D eigenvalue weighted by Crippen LogP contribution is 2.43. The second-order valence-electron chi connectivity index (χ2n) is 8.25. The summed E-state index contributed by atoms with van der Waals surface area (Å²) in [5.74, 6) is -0.797. The van der Waals surface area contributed by atoms with Crippen LogP contribution in [-0.4, -0.2) is 51.0 Å². The Bertz CT molecular complexity index is 957. The maximum absolute atomic E-state index is 14.1. The Labute approximate surface area is 174 Å². The Hall–Kier alpha value is -2.18. The van der Waals surface area contributed by atoms with Crippen LogP contribution >= 0.6 is 11.6 Å². The molecular weight excluding hydrogens is 393 g/mol. The number of ether oxygens (including phenoxy) is 1. The number of carbonyl (C=O) groups is 1. The number of hydrogen-bond acceptors (Lipinski definition) is 4. The zero-order valence-electron chi connectivity index (χ0n) is 16.4. The number of carbonyl (C=O) groups excluding carboxylic acids is 1. The zero-order valence-corrected chi connectivity index (χ0v) is 17.1. The molecular formula is C22H23ClFN3O2. The van der Waals surface area contributed by atoms with E-state index in [-0.39, 0.29) is 52.8 Å². The summed E-state index contributed by atoms with van der Waals surface area (Å²) in [5.41, 5.74) is 1.42. The van der Waals surface area contributed by atoms with Gasteiger partial charge in [-0.2, -0.15) is 4.98 Å². The van der Waals surface area contributed by atoms with E-state index >= 15 is 0 Å². The van der Waals surface area contributed by atoms with Gasteiger partial charge in [0.25, 0.3) is 5.91 Å². The number of aromatic nitrogens is 1. The average molecular weight is 416 g/mol. The van der Waals surface area contributed by atoms with E-state index in [1.807, 2.05) is 17.9 Å². The van der Waals surface area contributed by atoms with E-state index in [1.54, 1.807) is 0 Å². The highest BCUT2D eigenvalue weighted by atomic mass is 35.5. The fraction of sp³-hybridized carbons (Fsp3) is 0.455. The first-order valence-electron chi connectivity index (χ1n) is 10.1. The van der Waals surface area contributed by atoms with Crippen LogP contribution in [0.3, 0.4) is 0 Å². The van der Waals surface area contributed by atoms with Crippen LogP contribution in [0.4, 0.5) is 4.39 Å². The summed E-state index contributed by atoms with van der Waals surface area (Å²) >= 11 is 5.85. The molecule has 29 heavy (non-hydrogen) atoms. The molecule has 1 aromatic carbocycles. The number of pyridine rings is 1. The molecule has 0 saturated carbocycles. The van der Waals surface area contributed by atoms with E-state index in [9.17, 15) is 9.18 Å². The molecule has 152 valence electrons. The van der Waals surface area contributed by atoms with Crippen molar-refractivity contribution in [2.45, 2.75) is 63.5 Å². The lowest BCUT2D eigenvalue weighted by Crippen LogP contribution is -2.67. The summed E-state index contributed by atoms with van der Waals surface area (Å²) in [4.78, 5) is 21.9. The van der Waals surface area contributed by atoms with Gasteiger partial charge in [-0.1, -0.05) is 41.9 Å². The molecule has 0 radical (unpaired) electrons. The van der Waals surface area contributed by atoms with E-state index in [4.69, 9.17) is 16.3 Å². The largest absolute Gasteiger partial charge is 0.472 e. The van der Waals surface area contributed by atoms with Crippen molar-refractivity contribution in [1.29, 1.82) is 0 Å². The Morgan fingerprint density at radius 2 is 1.93 bits per heavy atom. The molecule has 5 rings (SSSR count). The van der Waals surface area contributed by atoms with E-state index in [1.165, 1.54) is 5.56 Å². The molecule has 0 aliphatic carbocycles. The molecule has 2 fully saturated rings. The van der Waals surface area contributed by atoms with Crippen LogP contribution in [0.2, 0.25) is 5.15 Å². The normalized spacial score (nSPS) is 31.1. The number of benzene rings is 1. The summed E-state index contributed by atoms with van der Waals surface area (Å²) in [6.07, 6.45) is 1.76. The SMILES string of the molecule is C[C@@H]1Oc2nc(Cl)c(F)cc2C(=O)N2[C@H]1[C@@H]1CC[C@H]([C@H]2C)N1Cc1ccccc1. The number of rotatable bonds is 2. The number of amides is 1. The van der Waals surface area contributed by atoms with Crippen LogP contribution in [0, 0.1) is 5.82 Å². The van der Waals surface area contributed by atoms with Gasteiger partial charge < -0.3 is 9.64 Å². The summed E-state index contributed by atoms with van der Waals surface area (Å²) in [7, 11) is 0. The molecule has 0 N–H and O–H groups in total. The van der Waals surface area contributed by atoms with Crippen molar-refractivity contribution < 1.29 is 13.9 Å². The van der Waals surface area contributed by atoms with E-state index in [0.717, 1.165) is 25.5 Å². The minimum Gasteiger partial charge on any atom is -0.472 e. The van der Waals surface area contributed by atoms with Crippen molar-refractivity contribution in [3.8, 4) is 5.88 Å². The lowest BCUT2D eigenvalue weighted by atomic mass is 9.93. The number of fused-ring (bicyclic) bond motifs is 5. The van der Waals surface area contributed by atoms with E-state index < -0.39 is 5.82 Å². The molecule has 4 heterocycles. The first kappa shape index (κ1) is 18.8. The Balaban J connectivity index is 1.54. The molecule has 3 aliphatic rings. The zero-order chi connectivity index (χ0) is 20.3. The fourth-order valence-corrected chi connectivity index (χ4v) is 5.54. The van der Waals surface area contributed by atoms with Crippen LogP contribution in [0.25, 0.3) is 0 Å². The second kappa shape index (κ2) is 6.96. The number of halogens is 2. The smallest absolute Gasteiger partial charge is 0.260 e. The molecule has 0 unspecified atom stereocenters. The number of piperazine rings is 1. The summed E-state index contributed by atoms with van der Waals surface area (Å²) in [6, 6.07) is 11.9. The molecule has 5 atom stereocenters. The molecule has 2 saturated heterocycles. The molecule has 7 heteroatoms. The highest BCUT2D eigenvalue weighted by molar-refractivity contribution is 6.29. The van der Waals surface area contributed by atoms with Crippen molar-refractivity contribution in [3.63, 3.8) is 0 Å². The van der Waals surface area contributed by atoms with Gasteiger partial charge in [0.2, 0.25) is 5.88 Å². The Morgan fingerprint density at radius 3 is 2.69 bits per heavy atom. The van der Waals surface area contributed by atoms with Gasteiger partial charge in [-0.15, -0.1) is 0 Å². The summed E-state index contributed by atoms with van der Waals surface area (Å²) < 4.78 is 20.2.